The normalized spacial score (nSPS) is 10.7. The van der Waals surface area contributed by atoms with E-state index >= 15 is 0 Å². The SMILES string of the molecule is NNC(=O)c1ccc2[nH]nc(-c3ccc(F)cc3)c2c1. The molecule has 100 valence electrons. The third-order valence-electron chi connectivity index (χ3n) is 3.07. The van der Waals surface area contributed by atoms with Crippen molar-refractivity contribution in [3.05, 3.63) is 53.8 Å². The molecule has 4 N–H and O–H groups in total. The summed E-state index contributed by atoms with van der Waals surface area (Å²) in [4.78, 5) is 11.6. The highest BCUT2D eigenvalue weighted by molar-refractivity contribution is 6.01. The Morgan fingerprint density at radius 1 is 1.20 bits per heavy atom. The minimum absolute atomic E-state index is 0.309. The fourth-order valence-electron chi connectivity index (χ4n) is 2.07. The number of halogens is 1. The number of hydrogen-bond donors (Lipinski definition) is 3. The molecule has 1 heterocycles. The fraction of sp³-hybridized carbons (Fsp3) is 0. The molecule has 1 aromatic heterocycles. The minimum Gasteiger partial charge on any atom is -0.290 e. The van der Waals surface area contributed by atoms with Gasteiger partial charge in [0.1, 0.15) is 5.82 Å². The largest absolute Gasteiger partial charge is 0.290 e. The Kier molecular flexibility index (Phi) is 2.92. The second kappa shape index (κ2) is 4.75. The highest BCUT2D eigenvalue weighted by Gasteiger charge is 2.11. The highest BCUT2D eigenvalue weighted by Crippen LogP contribution is 2.27. The van der Waals surface area contributed by atoms with E-state index in [4.69, 9.17) is 5.84 Å². The zero-order valence-corrected chi connectivity index (χ0v) is 10.4. The molecule has 6 heteroatoms. The van der Waals surface area contributed by atoms with Crippen LogP contribution in [0.4, 0.5) is 4.39 Å². The van der Waals surface area contributed by atoms with Crippen molar-refractivity contribution >= 4 is 16.8 Å². The molecule has 20 heavy (non-hydrogen) atoms. The van der Waals surface area contributed by atoms with Gasteiger partial charge in [-0.05, 0) is 42.5 Å². The van der Waals surface area contributed by atoms with E-state index in [0.717, 1.165) is 16.5 Å². The van der Waals surface area contributed by atoms with E-state index in [0.29, 0.717) is 11.3 Å². The van der Waals surface area contributed by atoms with Gasteiger partial charge in [-0.25, -0.2) is 10.2 Å². The third kappa shape index (κ3) is 2.02. The topological polar surface area (TPSA) is 83.8 Å². The predicted molar refractivity (Wildman–Crippen MR) is 73.1 cm³/mol. The van der Waals surface area contributed by atoms with Gasteiger partial charge in [0.2, 0.25) is 0 Å². The van der Waals surface area contributed by atoms with E-state index in [2.05, 4.69) is 15.6 Å². The Hall–Kier alpha value is -2.73. The highest BCUT2D eigenvalue weighted by atomic mass is 19.1. The van der Waals surface area contributed by atoms with Crippen LogP contribution in [-0.2, 0) is 0 Å². The Labute approximate surface area is 113 Å². The molecule has 5 nitrogen and oxygen atoms in total. The molecule has 0 aliphatic heterocycles. The molecule has 1 amide bonds. The first-order valence-electron chi connectivity index (χ1n) is 5.94. The quantitative estimate of drug-likeness (QED) is 0.378. The van der Waals surface area contributed by atoms with Crippen molar-refractivity contribution < 1.29 is 9.18 Å². The van der Waals surface area contributed by atoms with E-state index < -0.39 is 0 Å². The molecule has 0 spiro atoms. The summed E-state index contributed by atoms with van der Waals surface area (Å²) in [6.45, 7) is 0. The molecule has 0 aliphatic carbocycles. The molecule has 0 radical (unpaired) electrons. The smallest absolute Gasteiger partial charge is 0.265 e. The van der Waals surface area contributed by atoms with Gasteiger partial charge in [0.25, 0.3) is 5.91 Å². The lowest BCUT2D eigenvalue weighted by atomic mass is 10.1. The second-order valence-corrected chi connectivity index (χ2v) is 4.31. The van der Waals surface area contributed by atoms with Crippen molar-refractivity contribution in [2.24, 2.45) is 5.84 Å². The molecule has 0 unspecified atom stereocenters. The Morgan fingerprint density at radius 3 is 2.65 bits per heavy atom. The van der Waals surface area contributed by atoms with Gasteiger partial charge in [0, 0.05) is 16.5 Å². The number of hydrogen-bond acceptors (Lipinski definition) is 3. The molecular weight excluding hydrogens is 259 g/mol. The van der Waals surface area contributed by atoms with Crippen LogP contribution in [0.1, 0.15) is 10.4 Å². The van der Waals surface area contributed by atoms with E-state index in [1.807, 2.05) is 0 Å². The number of aromatic amines is 1. The summed E-state index contributed by atoms with van der Waals surface area (Å²) in [7, 11) is 0. The number of rotatable bonds is 2. The molecule has 0 atom stereocenters. The summed E-state index contributed by atoms with van der Waals surface area (Å²) >= 11 is 0. The van der Waals surface area contributed by atoms with Crippen molar-refractivity contribution in [2.45, 2.75) is 0 Å². The van der Waals surface area contributed by atoms with Gasteiger partial charge in [-0.15, -0.1) is 0 Å². The molecule has 0 saturated heterocycles. The first kappa shape index (κ1) is 12.3. The van der Waals surface area contributed by atoms with Crippen molar-refractivity contribution in [1.29, 1.82) is 0 Å². The number of nitrogens with two attached hydrogens (primary N) is 1. The summed E-state index contributed by atoms with van der Waals surface area (Å²) in [5.74, 6) is 4.44. The van der Waals surface area contributed by atoms with Crippen molar-refractivity contribution in [3.8, 4) is 11.3 Å². The number of H-pyrrole nitrogens is 1. The van der Waals surface area contributed by atoms with Crippen LogP contribution >= 0.6 is 0 Å². The van der Waals surface area contributed by atoms with Crippen LogP contribution in [-0.4, -0.2) is 16.1 Å². The van der Waals surface area contributed by atoms with Gasteiger partial charge >= 0.3 is 0 Å². The van der Waals surface area contributed by atoms with E-state index in [-0.39, 0.29) is 11.7 Å². The number of nitrogens with zero attached hydrogens (tertiary/aromatic N) is 1. The lowest BCUT2D eigenvalue weighted by Gasteiger charge is -2.01. The zero-order valence-electron chi connectivity index (χ0n) is 10.4. The maximum atomic E-state index is 13.0. The second-order valence-electron chi connectivity index (χ2n) is 4.31. The van der Waals surface area contributed by atoms with Crippen LogP contribution in [0.15, 0.2) is 42.5 Å². The lowest BCUT2D eigenvalue weighted by Crippen LogP contribution is -2.29. The maximum Gasteiger partial charge on any atom is 0.265 e. The van der Waals surface area contributed by atoms with Gasteiger partial charge in [-0.3, -0.25) is 15.3 Å². The van der Waals surface area contributed by atoms with Crippen molar-refractivity contribution in [2.75, 3.05) is 0 Å². The number of hydrazine groups is 1. The van der Waals surface area contributed by atoms with Crippen LogP contribution in [0.3, 0.4) is 0 Å². The molecule has 3 aromatic rings. The number of aromatic nitrogens is 2. The van der Waals surface area contributed by atoms with E-state index in [9.17, 15) is 9.18 Å². The van der Waals surface area contributed by atoms with Crippen LogP contribution in [0.5, 0.6) is 0 Å². The summed E-state index contributed by atoms with van der Waals surface area (Å²) in [6.07, 6.45) is 0. The Morgan fingerprint density at radius 2 is 1.95 bits per heavy atom. The molecular formula is C14H11FN4O. The van der Waals surface area contributed by atoms with Crippen LogP contribution in [0.2, 0.25) is 0 Å². The average Bonchev–Trinajstić information content (AvgIpc) is 2.90. The average molecular weight is 270 g/mol. The number of benzene rings is 2. The molecule has 3 rings (SSSR count). The summed E-state index contributed by atoms with van der Waals surface area (Å²) in [6, 6.07) is 11.1. The molecule has 0 bridgehead atoms. The van der Waals surface area contributed by atoms with E-state index in [1.54, 1.807) is 30.3 Å². The first-order chi connectivity index (χ1) is 9.69. The Bertz CT molecular complexity index is 779. The summed E-state index contributed by atoms with van der Waals surface area (Å²) in [5, 5.41) is 7.87. The van der Waals surface area contributed by atoms with Gasteiger partial charge in [0.05, 0.1) is 11.2 Å². The summed E-state index contributed by atoms with van der Waals surface area (Å²) < 4.78 is 13.0. The lowest BCUT2D eigenvalue weighted by molar-refractivity contribution is 0.0954. The molecule has 0 saturated carbocycles. The van der Waals surface area contributed by atoms with Gasteiger partial charge < -0.3 is 0 Å². The number of fused-ring (bicyclic) bond motifs is 1. The van der Waals surface area contributed by atoms with Gasteiger partial charge in [-0.1, -0.05) is 0 Å². The maximum absolute atomic E-state index is 13.0. The van der Waals surface area contributed by atoms with E-state index in [1.165, 1.54) is 12.1 Å². The summed E-state index contributed by atoms with van der Waals surface area (Å²) in [5.41, 5.74) is 4.74. The third-order valence-corrected chi connectivity index (χ3v) is 3.07. The zero-order chi connectivity index (χ0) is 14.1. The number of nitrogens with one attached hydrogen (secondary N) is 2. The number of carbonyl (C=O) groups excluding carboxylic acids is 1. The number of carbonyl (C=O) groups is 1. The van der Waals surface area contributed by atoms with Crippen molar-refractivity contribution in [3.63, 3.8) is 0 Å². The first-order valence-corrected chi connectivity index (χ1v) is 5.94. The van der Waals surface area contributed by atoms with Crippen LogP contribution < -0.4 is 11.3 Å². The van der Waals surface area contributed by atoms with Crippen LogP contribution in [0.25, 0.3) is 22.2 Å². The number of nitrogen functional groups attached to an aromatic ring is 1. The Balaban J connectivity index is 2.16. The van der Waals surface area contributed by atoms with Gasteiger partial charge in [0.15, 0.2) is 0 Å². The minimum atomic E-state index is -0.377. The molecule has 0 aliphatic rings. The molecule has 0 fully saturated rings. The van der Waals surface area contributed by atoms with Crippen LogP contribution in [0, 0.1) is 5.82 Å². The number of amides is 1. The standard InChI is InChI=1S/C14H11FN4O/c15-10-4-1-8(2-5-10)13-11-7-9(14(20)17-16)3-6-12(11)18-19-13/h1-7H,16H2,(H,17,20)(H,18,19). The molecule has 2 aromatic carbocycles. The monoisotopic (exact) mass is 270 g/mol. The predicted octanol–water partition coefficient (Wildman–Crippen LogP) is 1.97. The van der Waals surface area contributed by atoms with Gasteiger partial charge in [-0.2, -0.15) is 5.10 Å². The fourth-order valence-corrected chi connectivity index (χ4v) is 2.07. The van der Waals surface area contributed by atoms with Crippen molar-refractivity contribution in [1.82, 2.24) is 15.6 Å².